The molecule has 0 aromatic heterocycles. The molecule has 0 aliphatic carbocycles. The highest BCUT2D eigenvalue weighted by Crippen LogP contribution is 2.24. The van der Waals surface area contributed by atoms with Gasteiger partial charge in [0.2, 0.25) is 0 Å². The van der Waals surface area contributed by atoms with E-state index in [0.717, 1.165) is 22.0 Å². The van der Waals surface area contributed by atoms with Gasteiger partial charge in [-0.15, -0.1) is 0 Å². The summed E-state index contributed by atoms with van der Waals surface area (Å²) in [4.78, 5) is 12.0. The largest absolute Gasteiger partial charge is 0.483 e. The van der Waals surface area contributed by atoms with E-state index in [1.165, 1.54) is 0 Å². The van der Waals surface area contributed by atoms with Gasteiger partial charge in [-0.1, -0.05) is 54.1 Å². The summed E-state index contributed by atoms with van der Waals surface area (Å²) in [6.07, 6.45) is 0. The number of hydrogen-bond donors (Lipinski definition) is 2. The van der Waals surface area contributed by atoms with Crippen LogP contribution in [0.5, 0.6) is 5.75 Å². The van der Waals surface area contributed by atoms with E-state index in [2.05, 4.69) is 10.6 Å². The average molecular weight is 350 g/mol. The van der Waals surface area contributed by atoms with Crippen LogP contribution in [0, 0.1) is 6.92 Å². The Morgan fingerprint density at radius 3 is 2.52 bits per heavy atom. The Morgan fingerprint density at radius 2 is 1.72 bits per heavy atom. The minimum Gasteiger partial charge on any atom is -0.483 e. The number of thiocarbonyl (C=S) groups is 1. The Hall–Kier alpha value is -2.92. The predicted octanol–water partition coefficient (Wildman–Crippen LogP) is 4.04. The lowest BCUT2D eigenvalue weighted by molar-refractivity contribution is -0.121. The first-order valence-corrected chi connectivity index (χ1v) is 8.31. The van der Waals surface area contributed by atoms with E-state index >= 15 is 0 Å². The van der Waals surface area contributed by atoms with Gasteiger partial charge in [-0.3, -0.25) is 10.1 Å². The van der Waals surface area contributed by atoms with Crippen molar-refractivity contribution < 1.29 is 9.53 Å². The Balaban J connectivity index is 1.55. The second-order valence-corrected chi connectivity index (χ2v) is 6.04. The van der Waals surface area contributed by atoms with Crippen molar-refractivity contribution in [3.05, 3.63) is 72.3 Å². The third-order valence-corrected chi connectivity index (χ3v) is 3.87. The second kappa shape index (κ2) is 7.77. The van der Waals surface area contributed by atoms with Gasteiger partial charge in [0.15, 0.2) is 11.7 Å². The van der Waals surface area contributed by atoms with Crippen molar-refractivity contribution in [2.24, 2.45) is 0 Å². The van der Waals surface area contributed by atoms with Gasteiger partial charge in [0, 0.05) is 11.1 Å². The first-order chi connectivity index (χ1) is 12.1. The minimum absolute atomic E-state index is 0.107. The molecule has 25 heavy (non-hydrogen) atoms. The fraction of sp³-hybridized carbons (Fsp3) is 0.100. The van der Waals surface area contributed by atoms with Gasteiger partial charge in [-0.05, 0) is 42.7 Å². The summed E-state index contributed by atoms with van der Waals surface area (Å²) in [5, 5.41) is 7.87. The van der Waals surface area contributed by atoms with E-state index in [0.29, 0.717) is 5.75 Å². The van der Waals surface area contributed by atoms with Crippen LogP contribution in [0.4, 0.5) is 5.69 Å². The maximum Gasteiger partial charge on any atom is 0.264 e. The molecule has 5 heteroatoms. The number of anilines is 1. The standard InChI is InChI=1S/C20H18N2O2S/c1-14-9-11-16(12-10-14)21-20(25)22-19(23)13-24-18-8-4-6-15-5-2-3-7-17(15)18/h2-12H,13H2,1H3,(H2,21,22,23,25). The molecule has 0 bridgehead atoms. The van der Waals surface area contributed by atoms with Gasteiger partial charge in [0.25, 0.3) is 5.91 Å². The molecule has 0 radical (unpaired) electrons. The molecule has 3 aromatic rings. The van der Waals surface area contributed by atoms with Crippen LogP contribution >= 0.6 is 12.2 Å². The van der Waals surface area contributed by atoms with Crippen LogP contribution in [0.25, 0.3) is 10.8 Å². The van der Waals surface area contributed by atoms with E-state index in [9.17, 15) is 4.79 Å². The summed E-state index contributed by atoms with van der Waals surface area (Å²) in [7, 11) is 0. The smallest absolute Gasteiger partial charge is 0.264 e. The molecule has 0 saturated heterocycles. The Morgan fingerprint density at radius 1 is 1.00 bits per heavy atom. The lowest BCUT2D eigenvalue weighted by atomic mass is 10.1. The first-order valence-electron chi connectivity index (χ1n) is 7.90. The van der Waals surface area contributed by atoms with Crippen molar-refractivity contribution in [1.29, 1.82) is 0 Å². The molecule has 0 aliphatic rings. The lowest BCUT2D eigenvalue weighted by Crippen LogP contribution is -2.37. The Kier molecular flexibility index (Phi) is 5.26. The zero-order chi connectivity index (χ0) is 17.6. The van der Waals surface area contributed by atoms with E-state index < -0.39 is 0 Å². The molecule has 3 rings (SSSR count). The van der Waals surface area contributed by atoms with Gasteiger partial charge in [0.05, 0.1) is 0 Å². The molecule has 0 heterocycles. The quantitative estimate of drug-likeness (QED) is 0.697. The number of carbonyl (C=O) groups is 1. The fourth-order valence-electron chi connectivity index (χ4n) is 2.43. The molecule has 0 spiro atoms. The predicted molar refractivity (Wildman–Crippen MR) is 105 cm³/mol. The molecule has 0 aliphatic heterocycles. The van der Waals surface area contributed by atoms with Crippen molar-refractivity contribution >= 4 is 39.7 Å². The highest BCUT2D eigenvalue weighted by molar-refractivity contribution is 7.80. The van der Waals surface area contributed by atoms with Crippen molar-refractivity contribution in [2.45, 2.75) is 6.92 Å². The summed E-state index contributed by atoms with van der Waals surface area (Å²) < 4.78 is 5.65. The van der Waals surface area contributed by atoms with Crippen LogP contribution in [0.15, 0.2) is 66.7 Å². The van der Waals surface area contributed by atoms with Gasteiger partial charge >= 0.3 is 0 Å². The fourth-order valence-corrected chi connectivity index (χ4v) is 2.66. The van der Waals surface area contributed by atoms with Crippen LogP contribution in [-0.2, 0) is 4.79 Å². The number of benzene rings is 3. The molecular weight excluding hydrogens is 332 g/mol. The highest BCUT2D eigenvalue weighted by Gasteiger charge is 2.08. The SMILES string of the molecule is Cc1ccc(NC(=S)NC(=O)COc2cccc3ccccc23)cc1. The van der Waals surface area contributed by atoms with Crippen molar-refractivity contribution in [1.82, 2.24) is 5.32 Å². The molecule has 3 aromatic carbocycles. The molecule has 0 saturated carbocycles. The third-order valence-electron chi connectivity index (χ3n) is 3.67. The van der Waals surface area contributed by atoms with Gasteiger partial charge in [-0.2, -0.15) is 0 Å². The number of nitrogens with one attached hydrogen (secondary N) is 2. The van der Waals surface area contributed by atoms with Gasteiger partial charge in [0.1, 0.15) is 5.75 Å². The molecular formula is C20H18N2O2S. The molecule has 4 nitrogen and oxygen atoms in total. The minimum atomic E-state index is -0.308. The summed E-state index contributed by atoms with van der Waals surface area (Å²) >= 11 is 5.15. The molecule has 0 atom stereocenters. The number of carbonyl (C=O) groups excluding carboxylic acids is 1. The van der Waals surface area contributed by atoms with Crippen molar-refractivity contribution in [2.75, 3.05) is 11.9 Å². The lowest BCUT2D eigenvalue weighted by Gasteiger charge is -2.11. The Labute approximate surface area is 151 Å². The molecule has 2 N–H and O–H groups in total. The zero-order valence-electron chi connectivity index (χ0n) is 13.8. The normalized spacial score (nSPS) is 10.3. The summed E-state index contributed by atoms with van der Waals surface area (Å²) in [5.41, 5.74) is 1.98. The van der Waals surface area contributed by atoms with E-state index in [1.54, 1.807) is 0 Å². The average Bonchev–Trinajstić information content (AvgIpc) is 2.62. The first kappa shape index (κ1) is 16.9. The maximum absolute atomic E-state index is 12.0. The van der Waals surface area contributed by atoms with Crippen LogP contribution in [0.2, 0.25) is 0 Å². The summed E-state index contributed by atoms with van der Waals surface area (Å²) in [6.45, 7) is 1.90. The van der Waals surface area contributed by atoms with Crippen molar-refractivity contribution in [3.8, 4) is 5.75 Å². The molecule has 0 fully saturated rings. The monoisotopic (exact) mass is 350 g/mol. The zero-order valence-corrected chi connectivity index (χ0v) is 14.6. The van der Waals surface area contributed by atoms with E-state index in [1.807, 2.05) is 73.7 Å². The topological polar surface area (TPSA) is 50.4 Å². The van der Waals surface area contributed by atoms with Gasteiger partial charge < -0.3 is 10.1 Å². The number of ether oxygens (including phenoxy) is 1. The van der Waals surface area contributed by atoms with E-state index in [-0.39, 0.29) is 17.6 Å². The van der Waals surface area contributed by atoms with E-state index in [4.69, 9.17) is 17.0 Å². The molecule has 0 unspecified atom stereocenters. The van der Waals surface area contributed by atoms with Crippen LogP contribution < -0.4 is 15.4 Å². The second-order valence-electron chi connectivity index (χ2n) is 5.63. The number of amides is 1. The summed E-state index contributed by atoms with van der Waals surface area (Å²) in [5.74, 6) is 0.364. The Bertz CT molecular complexity index is 902. The highest BCUT2D eigenvalue weighted by atomic mass is 32.1. The number of hydrogen-bond acceptors (Lipinski definition) is 3. The maximum atomic E-state index is 12.0. The molecule has 1 amide bonds. The van der Waals surface area contributed by atoms with Gasteiger partial charge in [-0.25, -0.2) is 0 Å². The van der Waals surface area contributed by atoms with Crippen LogP contribution in [0.1, 0.15) is 5.56 Å². The number of rotatable bonds is 4. The number of fused-ring (bicyclic) bond motifs is 1. The number of aryl methyl sites for hydroxylation is 1. The molecule has 126 valence electrons. The van der Waals surface area contributed by atoms with Crippen LogP contribution in [-0.4, -0.2) is 17.6 Å². The summed E-state index contributed by atoms with van der Waals surface area (Å²) in [6, 6.07) is 21.4. The third kappa shape index (κ3) is 4.55. The van der Waals surface area contributed by atoms with Crippen LogP contribution in [0.3, 0.4) is 0 Å². The van der Waals surface area contributed by atoms with Crippen molar-refractivity contribution in [3.63, 3.8) is 0 Å².